The Labute approximate surface area is 68.6 Å². The van der Waals surface area contributed by atoms with Crippen LogP contribution in [0, 0.1) is 0 Å². The molecule has 1 rings (SSSR count). The number of ketones is 2. The zero-order valence-electron chi connectivity index (χ0n) is 5.85. The molecule has 0 saturated carbocycles. The van der Waals surface area contributed by atoms with E-state index in [2.05, 4.69) is 5.14 Å². The number of carbonyl (C=O) groups excluding carboxylic acids is 2. The monoisotopic (exact) mass is 187 g/mol. The fourth-order valence-electron chi connectivity index (χ4n) is 0.711. The van der Waals surface area contributed by atoms with E-state index in [1.54, 1.807) is 0 Å². The van der Waals surface area contributed by atoms with E-state index < -0.39 is 26.5 Å². The van der Waals surface area contributed by atoms with E-state index in [1.165, 1.54) is 0 Å². The van der Waals surface area contributed by atoms with Crippen LogP contribution in [0.4, 0.5) is 0 Å². The first-order valence-corrected chi connectivity index (χ1v) is 4.47. The summed E-state index contributed by atoms with van der Waals surface area (Å²) < 4.78 is 21.3. The van der Waals surface area contributed by atoms with Crippen molar-refractivity contribution in [2.24, 2.45) is 5.14 Å². The van der Waals surface area contributed by atoms with Gasteiger partial charge in [0.05, 0.1) is 0 Å². The summed E-state index contributed by atoms with van der Waals surface area (Å²) in [5.74, 6) is -1.32. The third-order valence-electron chi connectivity index (χ3n) is 1.22. The molecule has 12 heavy (non-hydrogen) atoms. The summed E-state index contributed by atoms with van der Waals surface area (Å²) in [6.07, 6.45) is 2.57. The highest BCUT2D eigenvalue weighted by Crippen LogP contribution is 2.08. The standard InChI is InChI=1S/C6H5NO4S/c7-12(10,11)6-3-4(8)1-2-5(6)9/h1-3H,(H2,7,10,11). The van der Waals surface area contributed by atoms with Crippen molar-refractivity contribution in [1.29, 1.82) is 0 Å². The lowest BCUT2D eigenvalue weighted by molar-refractivity contribution is -0.114. The van der Waals surface area contributed by atoms with E-state index in [9.17, 15) is 18.0 Å². The van der Waals surface area contributed by atoms with Gasteiger partial charge in [0.15, 0.2) is 11.6 Å². The molecule has 1 aliphatic carbocycles. The van der Waals surface area contributed by atoms with Crippen molar-refractivity contribution in [2.75, 3.05) is 0 Å². The summed E-state index contributed by atoms with van der Waals surface area (Å²) in [5, 5.41) is 4.66. The number of hydrogen-bond donors (Lipinski definition) is 1. The van der Waals surface area contributed by atoms with Gasteiger partial charge in [-0.1, -0.05) is 0 Å². The second kappa shape index (κ2) is 2.65. The predicted octanol–water partition coefficient (Wildman–Crippen LogP) is -1.13. The highest BCUT2D eigenvalue weighted by atomic mass is 32.2. The van der Waals surface area contributed by atoms with Gasteiger partial charge < -0.3 is 0 Å². The minimum atomic E-state index is -4.07. The van der Waals surface area contributed by atoms with Crippen LogP contribution in [0.2, 0.25) is 0 Å². The Balaban J connectivity index is 3.23. The highest BCUT2D eigenvalue weighted by molar-refractivity contribution is 7.94. The molecule has 64 valence electrons. The molecule has 0 amide bonds. The number of sulfonamides is 1. The molecule has 1 aliphatic rings. The number of allylic oxidation sites excluding steroid dienone is 4. The second-order valence-electron chi connectivity index (χ2n) is 2.15. The lowest BCUT2D eigenvalue weighted by Gasteiger charge is -2.02. The van der Waals surface area contributed by atoms with Gasteiger partial charge in [-0.3, -0.25) is 9.59 Å². The maximum absolute atomic E-state index is 10.8. The molecule has 0 spiro atoms. The zero-order valence-corrected chi connectivity index (χ0v) is 6.67. The second-order valence-corrected chi connectivity index (χ2v) is 3.68. The van der Waals surface area contributed by atoms with Crippen molar-refractivity contribution in [2.45, 2.75) is 0 Å². The summed E-state index contributed by atoms with van der Waals surface area (Å²) in [4.78, 5) is 20.8. The van der Waals surface area contributed by atoms with Crippen LogP contribution in [0.15, 0.2) is 23.1 Å². The SMILES string of the molecule is NS(=O)(=O)C1=CC(=O)C=CC1=O. The van der Waals surface area contributed by atoms with Crippen molar-refractivity contribution in [1.82, 2.24) is 0 Å². The molecule has 0 aromatic heterocycles. The molecule has 0 bridgehead atoms. The van der Waals surface area contributed by atoms with E-state index >= 15 is 0 Å². The summed E-state index contributed by atoms with van der Waals surface area (Å²) in [5.41, 5.74) is 0. The molecular weight excluding hydrogens is 182 g/mol. The first kappa shape index (κ1) is 8.82. The van der Waals surface area contributed by atoms with Crippen LogP contribution in [-0.2, 0) is 19.6 Å². The normalized spacial score (nSPS) is 17.9. The van der Waals surface area contributed by atoms with Crippen molar-refractivity contribution < 1.29 is 18.0 Å². The molecular formula is C6H5NO4S. The van der Waals surface area contributed by atoms with Crippen molar-refractivity contribution in [3.63, 3.8) is 0 Å². The third kappa shape index (κ3) is 1.66. The first-order chi connectivity index (χ1) is 5.41. The quantitative estimate of drug-likeness (QED) is 0.525. The van der Waals surface area contributed by atoms with Gasteiger partial charge in [0.25, 0.3) is 0 Å². The van der Waals surface area contributed by atoms with E-state index in [4.69, 9.17) is 0 Å². The van der Waals surface area contributed by atoms with Crippen LogP contribution in [-0.4, -0.2) is 20.0 Å². The Morgan fingerprint density at radius 2 is 1.75 bits per heavy atom. The van der Waals surface area contributed by atoms with E-state index in [-0.39, 0.29) is 0 Å². The maximum Gasteiger partial charge on any atom is 0.242 e. The molecule has 0 saturated heterocycles. The van der Waals surface area contributed by atoms with Crippen molar-refractivity contribution in [3.05, 3.63) is 23.1 Å². The number of carbonyl (C=O) groups is 2. The molecule has 0 aromatic rings. The van der Waals surface area contributed by atoms with Crippen LogP contribution in [0.5, 0.6) is 0 Å². The third-order valence-corrected chi connectivity index (χ3v) is 2.15. The predicted molar refractivity (Wildman–Crippen MR) is 40.3 cm³/mol. The van der Waals surface area contributed by atoms with Gasteiger partial charge in [0.2, 0.25) is 10.0 Å². The van der Waals surface area contributed by atoms with Crippen LogP contribution >= 0.6 is 0 Å². The minimum absolute atomic E-state index is 0.557. The van der Waals surface area contributed by atoms with Crippen molar-refractivity contribution in [3.8, 4) is 0 Å². The van der Waals surface area contributed by atoms with Crippen LogP contribution in [0.1, 0.15) is 0 Å². The number of rotatable bonds is 1. The smallest absolute Gasteiger partial charge is 0.242 e. The van der Waals surface area contributed by atoms with Gasteiger partial charge >= 0.3 is 0 Å². The van der Waals surface area contributed by atoms with Gasteiger partial charge in [0, 0.05) is 6.08 Å². The van der Waals surface area contributed by atoms with Crippen LogP contribution in [0.25, 0.3) is 0 Å². The van der Waals surface area contributed by atoms with Gasteiger partial charge in [0.1, 0.15) is 4.91 Å². The molecule has 0 aliphatic heterocycles. The molecule has 5 nitrogen and oxygen atoms in total. The number of hydrogen-bond acceptors (Lipinski definition) is 4. The highest BCUT2D eigenvalue weighted by Gasteiger charge is 2.22. The Morgan fingerprint density at radius 1 is 1.17 bits per heavy atom. The van der Waals surface area contributed by atoms with E-state index in [0.717, 1.165) is 12.2 Å². The average molecular weight is 187 g/mol. The lowest BCUT2D eigenvalue weighted by atomic mass is 10.2. The number of nitrogens with two attached hydrogens (primary N) is 1. The van der Waals surface area contributed by atoms with Gasteiger partial charge in [-0.05, 0) is 12.2 Å². The molecule has 6 heteroatoms. The molecule has 0 heterocycles. The Morgan fingerprint density at radius 3 is 2.17 bits per heavy atom. The fraction of sp³-hybridized carbons (Fsp3) is 0. The molecule has 0 fully saturated rings. The first-order valence-electron chi connectivity index (χ1n) is 2.92. The van der Waals surface area contributed by atoms with Crippen LogP contribution < -0.4 is 5.14 Å². The van der Waals surface area contributed by atoms with Crippen molar-refractivity contribution >= 4 is 21.6 Å². The number of primary sulfonamides is 1. The molecule has 0 unspecified atom stereocenters. The molecule has 0 radical (unpaired) electrons. The van der Waals surface area contributed by atoms with Gasteiger partial charge in [-0.25, -0.2) is 13.6 Å². The van der Waals surface area contributed by atoms with Gasteiger partial charge in [-0.15, -0.1) is 0 Å². The summed E-state index contributed by atoms with van der Waals surface area (Å²) in [6.45, 7) is 0. The van der Waals surface area contributed by atoms with Crippen LogP contribution in [0.3, 0.4) is 0 Å². The molecule has 0 aromatic carbocycles. The maximum atomic E-state index is 10.8. The van der Waals surface area contributed by atoms with E-state index in [0.29, 0.717) is 6.08 Å². The molecule has 0 atom stereocenters. The fourth-order valence-corrected chi connectivity index (χ4v) is 1.34. The zero-order chi connectivity index (χ0) is 9.35. The summed E-state index contributed by atoms with van der Waals surface area (Å²) in [6, 6.07) is 0. The Hall–Kier alpha value is -1.27. The summed E-state index contributed by atoms with van der Waals surface area (Å²) >= 11 is 0. The lowest BCUT2D eigenvalue weighted by Crippen LogP contribution is -2.22. The molecule has 2 N–H and O–H groups in total. The largest absolute Gasteiger partial charge is 0.290 e. The Kier molecular flexibility index (Phi) is 1.95. The van der Waals surface area contributed by atoms with Gasteiger partial charge in [-0.2, -0.15) is 0 Å². The summed E-state index contributed by atoms with van der Waals surface area (Å²) in [7, 11) is -4.07. The Bertz CT molecular complexity index is 401. The average Bonchev–Trinajstić information content (AvgIpc) is 1.92. The minimum Gasteiger partial charge on any atom is -0.290 e. The topological polar surface area (TPSA) is 94.3 Å². The van der Waals surface area contributed by atoms with E-state index in [1.807, 2.05) is 0 Å².